The maximum Gasteiger partial charge on any atom is 0.331 e. The molecule has 1 atom stereocenters. The van der Waals surface area contributed by atoms with Gasteiger partial charge in [0.15, 0.2) is 25.4 Å². The van der Waals surface area contributed by atoms with E-state index in [4.69, 9.17) is 14.4 Å². The average Bonchev–Trinajstić information content (AvgIpc) is 2.86. The Labute approximate surface area is 219 Å². The van der Waals surface area contributed by atoms with Crippen LogP contribution < -0.4 is 9.46 Å². The van der Waals surface area contributed by atoms with E-state index in [0.717, 1.165) is 23.8 Å². The lowest BCUT2D eigenvalue weighted by Gasteiger charge is -2.11. The number of benzene rings is 3. The maximum atomic E-state index is 14.4. The summed E-state index contributed by atoms with van der Waals surface area (Å²) in [7, 11) is -6.05. The molecule has 38 heavy (non-hydrogen) atoms. The molecule has 8 nitrogen and oxygen atoms in total. The third-order valence-corrected chi connectivity index (χ3v) is 7.96. The summed E-state index contributed by atoms with van der Waals surface area (Å²) in [4.78, 5) is 10.8. The highest BCUT2D eigenvalue weighted by molar-refractivity contribution is 7.89. The van der Waals surface area contributed by atoms with Crippen molar-refractivity contribution < 1.29 is 40.9 Å². The number of carbonyl (C=O) groups is 1. The minimum Gasteiger partial charge on any atom is -0.478 e. The third kappa shape index (κ3) is 8.06. The van der Waals surface area contributed by atoms with Crippen LogP contribution in [0.3, 0.4) is 0 Å². The Bertz CT molecular complexity index is 1430. The molecule has 0 bridgehead atoms. The number of halogens is 2. The van der Waals surface area contributed by atoms with Gasteiger partial charge in [-0.3, -0.25) is 4.57 Å². The van der Waals surface area contributed by atoms with Gasteiger partial charge in [0.2, 0.25) is 10.0 Å². The lowest BCUT2D eigenvalue weighted by molar-refractivity contribution is -0.132. The van der Waals surface area contributed by atoms with Crippen molar-refractivity contribution in [1.29, 1.82) is 0 Å². The second-order valence-corrected chi connectivity index (χ2v) is 11.3. The average molecular weight is 566 g/mol. The van der Waals surface area contributed by atoms with Crippen LogP contribution in [0.15, 0.2) is 71.1 Å². The Morgan fingerprint density at radius 1 is 1.03 bits per heavy atom. The fraction of sp³-hybridized carbons (Fsp3) is 0.192. The van der Waals surface area contributed by atoms with E-state index in [1.807, 2.05) is 0 Å². The molecule has 0 aliphatic rings. The summed E-state index contributed by atoms with van der Waals surface area (Å²) in [6, 6.07) is 13.8. The van der Waals surface area contributed by atoms with E-state index in [9.17, 15) is 26.6 Å². The van der Waals surface area contributed by atoms with Gasteiger partial charge in [0.05, 0.1) is 11.5 Å². The molecule has 0 saturated carbocycles. The SMILES string of the molecule is CCO[PH](=O)Cc1ccc(CNS(=O)(=O)c2ccc(Oc3c(F)cc(/C=C(\C)C(=O)O)cc3F)cc2)cc1. The Hall–Kier alpha value is -3.37. The van der Waals surface area contributed by atoms with Crippen molar-refractivity contribution in [3.63, 3.8) is 0 Å². The van der Waals surface area contributed by atoms with Gasteiger partial charge in [0.25, 0.3) is 0 Å². The normalized spacial score (nSPS) is 12.8. The van der Waals surface area contributed by atoms with Crippen LogP contribution in [0, 0.1) is 11.6 Å². The lowest BCUT2D eigenvalue weighted by atomic mass is 10.1. The minimum atomic E-state index is -3.90. The van der Waals surface area contributed by atoms with E-state index >= 15 is 0 Å². The molecule has 0 aromatic heterocycles. The van der Waals surface area contributed by atoms with Crippen molar-refractivity contribution >= 4 is 30.1 Å². The summed E-state index contributed by atoms with van der Waals surface area (Å²) < 4.78 is 78.8. The van der Waals surface area contributed by atoms with Gasteiger partial charge in [0.1, 0.15) is 5.75 Å². The van der Waals surface area contributed by atoms with E-state index in [1.165, 1.54) is 31.2 Å². The summed E-state index contributed by atoms with van der Waals surface area (Å²) >= 11 is 0. The van der Waals surface area contributed by atoms with E-state index in [1.54, 1.807) is 31.2 Å². The molecule has 0 amide bonds. The molecule has 3 rings (SSSR count). The van der Waals surface area contributed by atoms with Crippen LogP contribution >= 0.6 is 8.03 Å². The predicted octanol–water partition coefficient (Wildman–Crippen LogP) is 5.73. The lowest BCUT2D eigenvalue weighted by Crippen LogP contribution is -2.23. The van der Waals surface area contributed by atoms with E-state index in [0.29, 0.717) is 18.3 Å². The molecule has 0 spiro atoms. The zero-order valence-corrected chi connectivity index (χ0v) is 22.3. The molecule has 0 heterocycles. The summed E-state index contributed by atoms with van der Waals surface area (Å²) in [6.45, 7) is 3.45. The quantitative estimate of drug-likeness (QED) is 0.213. The third-order valence-electron chi connectivity index (χ3n) is 5.24. The zero-order chi connectivity index (χ0) is 27.9. The Kier molecular flexibility index (Phi) is 9.93. The number of sulfonamides is 1. The maximum absolute atomic E-state index is 14.4. The van der Waals surface area contributed by atoms with Gasteiger partial charge in [-0.15, -0.1) is 0 Å². The van der Waals surface area contributed by atoms with Gasteiger partial charge in [-0.2, -0.15) is 0 Å². The fourth-order valence-electron chi connectivity index (χ4n) is 3.29. The summed E-state index contributed by atoms with van der Waals surface area (Å²) in [6.07, 6.45) is 1.42. The first-order valence-electron chi connectivity index (χ1n) is 11.4. The van der Waals surface area contributed by atoms with Crippen LogP contribution in [0.5, 0.6) is 11.5 Å². The van der Waals surface area contributed by atoms with Crippen molar-refractivity contribution in [1.82, 2.24) is 4.72 Å². The molecule has 0 aliphatic heterocycles. The van der Waals surface area contributed by atoms with Gasteiger partial charge in [-0.05, 0) is 73.0 Å². The molecule has 3 aromatic rings. The van der Waals surface area contributed by atoms with E-state index in [-0.39, 0.29) is 28.3 Å². The van der Waals surface area contributed by atoms with Crippen LogP contribution in [0.25, 0.3) is 6.08 Å². The molecule has 3 aromatic carbocycles. The fourth-order valence-corrected chi connectivity index (χ4v) is 5.30. The first-order chi connectivity index (χ1) is 18.0. The predicted molar refractivity (Wildman–Crippen MR) is 139 cm³/mol. The number of carboxylic acid groups (broad SMARTS) is 1. The molecule has 0 radical (unpaired) electrons. The van der Waals surface area contributed by atoms with E-state index in [2.05, 4.69) is 4.72 Å². The summed E-state index contributed by atoms with van der Waals surface area (Å²) in [5.41, 5.74) is 1.42. The minimum absolute atomic E-state index is 0.00585. The van der Waals surface area contributed by atoms with Gasteiger partial charge >= 0.3 is 5.97 Å². The largest absolute Gasteiger partial charge is 0.478 e. The van der Waals surface area contributed by atoms with Gasteiger partial charge in [-0.1, -0.05) is 24.3 Å². The van der Waals surface area contributed by atoms with Crippen LogP contribution in [0.2, 0.25) is 0 Å². The van der Waals surface area contributed by atoms with Crippen molar-refractivity contribution in [2.24, 2.45) is 0 Å². The van der Waals surface area contributed by atoms with Gasteiger partial charge < -0.3 is 14.4 Å². The highest BCUT2D eigenvalue weighted by Crippen LogP contribution is 2.30. The van der Waals surface area contributed by atoms with Crippen molar-refractivity contribution in [3.05, 3.63) is 94.6 Å². The molecule has 0 fully saturated rings. The first-order valence-corrected chi connectivity index (χ1v) is 14.4. The standard InChI is InChI=1S/C26H26F2NO7PS/c1-3-35-37(32)16-19-6-4-18(5-7-19)15-29-38(33,34)22-10-8-21(9-11-22)36-25-23(27)13-20(14-24(25)28)12-17(2)26(30)31/h4-14,29,37H,3,15-16H2,1-2H3,(H,30,31)/b17-12+. The monoisotopic (exact) mass is 565 g/mol. The van der Waals surface area contributed by atoms with Crippen molar-refractivity contribution in [2.45, 2.75) is 31.4 Å². The molecule has 0 saturated heterocycles. The molecule has 202 valence electrons. The van der Waals surface area contributed by atoms with E-state index < -0.39 is 41.4 Å². The second kappa shape index (κ2) is 12.9. The van der Waals surface area contributed by atoms with Crippen LogP contribution in [0.1, 0.15) is 30.5 Å². The number of hydrogen-bond donors (Lipinski definition) is 2. The van der Waals surface area contributed by atoms with Gasteiger partial charge in [-0.25, -0.2) is 26.7 Å². The highest BCUT2D eigenvalue weighted by atomic mass is 32.2. The Balaban J connectivity index is 1.65. The number of hydrogen-bond acceptors (Lipinski definition) is 6. The van der Waals surface area contributed by atoms with Crippen molar-refractivity contribution in [2.75, 3.05) is 6.61 Å². The second-order valence-electron chi connectivity index (χ2n) is 8.14. The van der Waals surface area contributed by atoms with Crippen LogP contribution in [0.4, 0.5) is 8.78 Å². The molecule has 2 N–H and O–H groups in total. The highest BCUT2D eigenvalue weighted by Gasteiger charge is 2.17. The summed E-state index contributed by atoms with van der Waals surface area (Å²) in [5, 5.41) is 8.91. The molecular weight excluding hydrogens is 539 g/mol. The number of ether oxygens (including phenoxy) is 1. The molecule has 1 unspecified atom stereocenters. The zero-order valence-electron chi connectivity index (χ0n) is 20.5. The number of carboxylic acids is 1. The molecule has 0 aliphatic carbocycles. The molecule has 12 heteroatoms. The summed E-state index contributed by atoms with van der Waals surface area (Å²) in [5.74, 6) is -4.04. The number of aliphatic carboxylic acids is 1. The van der Waals surface area contributed by atoms with Crippen molar-refractivity contribution in [3.8, 4) is 11.5 Å². The molecular formula is C26H26F2NO7PS. The topological polar surface area (TPSA) is 119 Å². The number of nitrogens with one attached hydrogen (secondary N) is 1. The first kappa shape index (κ1) is 29.2. The van der Waals surface area contributed by atoms with Crippen LogP contribution in [-0.4, -0.2) is 26.1 Å². The Morgan fingerprint density at radius 3 is 2.16 bits per heavy atom. The Morgan fingerprint density at radius 2 is 1.61 bits per heavy atom. The number of rotatable bonds is 12. The smallest absolute Gasteiger partial charge is 0.331 e. The van der Waals surface area contributed by atoms with Crippen LogP contribution in [-0.2, 0) is 36.6 Å². The van der Waals surface area contributed by atoms with Gasteiger partial charge in [0, 0.05) is 18.3 Å².